The van der Waals surface area contributed by atoms with Crippen LogP contribution in [0.25, 0.3) is 0 Å². The molecule has 19 heavy (non-hydrogen) atoms. The van der Waals surface area contributed by atoms with Gasteiger partial charge in [-0.15, -0.1) is 0 Å². The van der Waals surface area contributed by atoms with E-state index in [1.807, 2.05) is 25.2 Å². The Kier molecular flexibility index (Phi) is 4.43. The molecule has 2 N–H and O–H groups in total. The molecule has 0 unspecified atom stereocenters. The van der Waals surface area contributed by atoms with Crippen LogP contribution in [0.5, 0.6) is 0 Å². The Balaban J connectivity index is 2.23. The molecule has 1 aromatic rings. The van der Waals surface area contributed by atoms with Crippen LogP contribution in [0.15, 0.2) is 18.2 Å². The average molecular weight is 261 g/mol. The van der Waals surface area contributed by atoms with Crippen molar-refractivity contribution in [1.29, 1.82) is 0 Å². The summed E-state index contributed by atoms with van der Waals surface area (Å²) in [4.78, 5) is 14.5. The number of nitrogens with zero attached hydrogens (tertiary/aromatic N) is 1. The Morgan fingerprint density at radius 3 is 2.84 bits per heavy atom. The predicted octanol–water partition coefficient (Wildman–Crippen LogP) is 1.75. The molecular formula is C15H23N3O. The first-order valence-electron chi connectivity index (χ1n) is 7.05. The van der Waals surface area contributed by atoms with Gasteiger partial charge in [0.1, 0.15) is 6.17 Å². The van der Waals surface area contributed by atoms with E-state index in [2.05, 4.69) is 29.4 Å². The number of anilines is 1. The second-order valence-electron chi connectivity index (χ2n) is 4.91. The zero-order chi connectivity index (χ0) is 13.8. The van der Waals surface area contributed by atoms with E-state index in [0.29, 0.717) is 0 Å². The standard InChI is InChI=1S/C15H23N3O/c1-4-11-7-6-8-12-14(11)15(19)17-13(18(12)3)9-10-16-5-2/h6-8,13,16H,4-5,9-10H2,1-3H3,(H,17,19)/t13-/m1/s1. The van der Waals surface area contributed by atoms with Gasteiger partial charge in [-0.1, -0.05) is 26.0 Å². The molecule has 4 nitrogen and oxygen atoms in total. The van der Waals surface area contributed by atoms with Gasteiger partial charge in [0, 0.05) is 7.05 Å². The average Bonchev–Trinajstić information content (AvgIpc) is 2.43. The van der Waals surface area contributed by atoms with Crippen LogP contribution in [0.3, 0.4) is 0 Å². The van der Waals surface area contributed by atoms with E-state index in [9.17, 15) is 4.79 Å². The zero-order valence-electron chi connectivity index (χ0n) is 12.0. The molecule has 0 saturated heterocycles. The quantitative estimate of drug-likeness (QED) is 0.794. The number of hydrogen-bond acceptors (Lipinski definition) is 3. The highest BCUT2D eigenvalue weighted by molar-refractivity contribution is 6.03. The van der Waals surface area contributed by atoms with E-state index in [1.54, 1.807) is 0 Å². The number of nitrogens with one attached hydrogen (secondary N) is 2. The molecule has 0 saturated carbocycles. The van der Waals surface area contributed by atoms with E-state index in [4.69, 9.17) is 0 Å². The summed E-state index contributed by atoms with van der Waals surface area (Å²) < 4.78 is 0. The Bertz CT molecular complexity index is 459. The van der Waals surface area contributed by atoms with Crippen molar-refractivity contribution in [2.75, 3.05) is 25.0 Å². The van der Waals surface area contributed by atoms with Gasteiger partial charge in [-0.25, -0.2) is 0 Å². The third-order valence-corrected chi connectivity index (χ3v) is 3.73. The van der Waals surface area contributed by atoms with Crippen molar-refractivity contribution in [2.45, 2.75) is 32.9 Å². The second kappa shape index (κ2) is 6.06. The van der Waals surface area contributed by atoms with Gasteiger partial charge in [0.15, 0.2) is 0 Å². The molecule has 1 aliphatic rings. The van der Waals surface area contributed by atoms with Gasteiger partial charge in [-0.2, -0.15) is 0 Å². The minimum absolute atomic E-state index is 0.0621. The molecule has 0 spiro atoms. The number of aryl methyl sites for hydroxylation is 1. The maximum absolute atomic E-state index is 12.3. The van der Waals surface area contributed by atoms with Gasteiger partial charge >= 0.3 is 0 Å². The first-order chi connectivity index (χ1) is 9.19. The van der Waals surface area contributed by atoms with Crippen molar-refractivity contribution in [1.82, 2.24) is 10.6 Å². The first kappa shape index (κ1) is 13.9. The first-order valence-corrected chi connectivity index (χ1v) is 7.05. The fourth-order valence-electron chi connectivity index (χ4n) is 2.61. The molecule has 0 fully saturated rings. The molecular weight excluding hydrogens is 238 g/mol. The molecule has 0 radical (unpaired) electrons. The Morgan fingerprint density at radius 1 is 1.37 bits per heavy atom. The molecule has 1 aromatic carbocycles. The largest absolute Gasteiger partial charge is 0.354 e. The predicted molar refractivity (Wildman–Crippen MR) is 78.6 cm³/mol. The van der Waals surface area contributed by atoms with Crippen LogP contribution in [0, 0.1) is 0 Å². The van der Waals surface area contributed by atoms with Gasteiger partial charge in [-0.05, 0) is 37.6 Å². The molecule has 2 rings (SSSR count). The van der Waals surface area contributed by atoms with Crippen LogP contribution in [-0.2, 0) is 6.42 Å². The lowest BCUT2D eigenvalue weighted by molar-refractivity contribution is 0.0925. The molecule has 1 heterocycles. The molecule has 104 valence electrons. The molecule has 1 atom stereocenters. The molecule has 1 amide bonds. The van der Waals surface area contributed by atoms with Crippen molar-refractivity contribution >= 4 is 11.6 Å². The van der Waals surface area contributed by atoms with Crippen molar-refractivity contribution in [3.63, 3.8) is 0 Å². The van der Waals surface area contributed by atoms with E-state index in [0.717, 1.165) is 42.7 Å². The van der Waals surface area contributed by atoms with E-state index < -0.39 is 0 Å². The third-order valence-electron chi connectivity index (χ3n) is 3.73. The molecule has 0 bridgehead atoms. The highest BCUT2D eigenvalue weighted by Gasteiger charge is 2.29. The molecule has 0 aromatic heterocycles. The highest BCUT2D eigenvalue weighted by Crippen LogP contribution is 2.28. The number of fused-ring (bicyclic) bond motifs is 1. The third kappa shape index (κ3) is 2.73. The summed E-state index contributed by atoms with van der Waals surface area (Å²) in [5.41, 5.74) is 3.00. The van der Waals surface area contributed by atoms with Crippen LogP contribution < -0.4 is 15.5 Å². The summed E-state index contributed by atoms with van der Waals surface area (Å²) in [6, 6.07) is 6.10. The second-order valence-corrected chi connectivity index (χ2v) is 4.91. The van der Waals surface area contributed by atoms with Gasteiger partial charge < -0.3 is 15.5 Å². The molecule has 1 aliphatic heterocycles. The monoisotopic (exact) mass is 261 g/mol. The summed E-state index contributed by atoms with van der Waals surface area (Å²) in [7, 11) is 2.05. The summed E-state index contributed by atoms with van der Waals surface area (Å²) in [5, 5.41) is 6.40. The summed E-state index contributed by atoms with van der Waals surface area (Å²) in [6.45, 7) is 6.04. The van der Waals surface area contributed by atoms with Crippen molar-refractivity contribution in [3.8, 4) is 0 Å². The fourth-order valence-corrected chi connectivity index (χ4v) is 2.61. The van der Waals surface area contributed by atoms with Crippen LogP contribution in [0.1, 0.15) is 36.2 Å². The van der Waals surface area contributed by atoms with Gasteiger partial charge in [0.05, 0.1) is 11.3 Å². The Hall–Kier alpha value is -1.55. The Labute approximate surface area is 115 Å². The SMILES string of the molecule is CCNCC[C@@H]1NC(=O)c2c(CC)cccc2N1C. The lowest BCUT2D eigenvalue weighted by Crippen LogP contribution is -2.52. The van der Waals surface area contributed by atoms with Crippen molar-refractivity contribution in [3.05, 3.63) is 29.3 Å². The minimum Gasteiger partial charge on any atom is -0.354 e. The summed E-state index contributed by atoms with van der Waals surface area (Å²) in [5.74, 6) is 0.0621. The van der Waals surface area contributed by atoms with Gasteiger partial charge in [0.25, 0.3) is 5.91 Å². The van der Waals surface area contributed by atoms with E-state index in [1.165, 1.54) is 0 Å². The number of amides is 1. The van der Waals surface area contributed by atoms with Crippen LogP contribution in [0.4, 0.5) is 5.69 Å². The summed E-state index contributed by atoms with van der Waals surface area (Å²) in [6.07, 6.45) is 1.87. The molecule has 0 aliphatic carbocycles. The van der Waals surface area contributed by atoms with Crippen LogP contribution in [0.2, 0.25) is 0 Å². The maximum Gasteiger partial charge on any atom is 0.255 e. The highest BCUT2D eigenvalue weighted by atomic mass is 16.2. The smallest absolute Gasteiger partial charge is 0.255 e. The number of carbonyl (C=O) groups is 1. The van der Waals surface area contributed by atoms with Crippen molar-refractivity contribution < 1.29 is 4.79 Å². The topological polar surface area (TPSA) is 44.4 Å². The number of rotatable bonds is 5. The van der Waals surface area contributed by atoms with E-state index in [-0.39, 0.29) is 12.1 Å². The van der Waals surface area contributed by atoms with Crippen molar-refractivity contribution in [2.24, 2.45) is 0 Å². The lowest BCUT2D eigenvalue weighted by Gasteiger charge is -2.37. The molecule has 4 heteroatoms. The normalized spacial score (nSPS) is 18.2. The maximum atomic E-state index is 12.3. The van der Waals surface area contributed by atoms with Gasteiger partial charge in [0.2, 0.25) is 0 Å². The van der Waals surface area contributed by atoms with E-state index >= 15 is 0 Å². The summed E-state index contributed by atoms with van der Waals surface area (Å²) >= 11 is 0. The lowest BCUT2D eigenvalue weighted by atomic mass is 9.99. The van der Waals surface area contributed by atoms with Gasteiger partial charge in [-0.3, -0.25) is 4.79 Å². The van der Waals surface area contributed by atoms with Crippen LogP contribution in [-0.4, -0.2) is 32.2 Å². The minimum atomic E-state index is 0.0621. The number of benzene rings is 1. The number of hydrogen-bond donors (Lipinski definition) is 2. The zero-order valence-corrected chi connectivity index (χ0v) is 12.0. The number of carbonyl (C=O) groups excluding carboxylic acids is 1. The van der Waals surface area contributed by atoms with Crippen LogP contribution >= 0.6 is 0 Å². The fraction of sp³-hybridized carbons (Fsp3) is 0.533. The Morgan fingerprint density at radius 2 is 2.16 bits per heavy atom.